The van der Waals surface area contributed by atoms with Gasteiger partial charge in [0.15, 0.2) is 0 Å². The van der Waals surface area contributed by atoms with E-state index < -0.39 is 0 Å². The highest BCUT2D eigenvalue weighted by Gasteiger charge is 2.32. The molecule has 3 atom stereocenters. The van der Waals surface area contributed by atoms with Gasteiger partial charge in [-0.1, -0.05) is 31.6 Å². The number of aryl methyl sites for hydroxylation is 1. The third-order valence-electron chi connectivity index (χ3n) is 5.80. The van der Waals surface area contributed by atoms with Crippen LogP contribution in [0, 0.1) is 30.6 Å². The van der Waals surface area contributed by atoms with Crippen LogP contribution in [0.3, 0.4) is 0 Å². The fourth-order valence-electron chi connectivity index (χ4n) is 4.28. The number of fused-ring (bicyclic) bond motifs is 1. The molecule has 1 heterocycles. The van der Waals surface area contributed by atoms with Gasteiger partial charge in [0.1, 0.15) is 5.82 Å². The molecule has 0 saturated heterocycles. The van der Waals surface area contributed by atoms with E-state index in [9.17, 15) is 4.79 Å². The highest BCUT2D eigenvalue weighted by Crippen LogP contribution is 2.38. The number of hydrogen-bond donors (Lipinski definition) is 2. The molecule has 2 N–H and O–H groups in total. The largest absolute Gasteiger partial charge is 0.356 e. The Morgan fingerprint density at radius 2 is 2.12 bits per heavy atom. The number of carbonyl (C=O) groups is 1. The average molecular weight is 354 g/mol. The monoisotopic (exact) mass is 353 g/mol. The van der Waals surface area contributed by atoms with Crippen molar-refractivity contribution < 1.29 is 4.79 Å². The molecule has 4 nitrogen and oxygen atoms in total. The number of hydrogen-bond acceptors (Lipinski definition) is 2. The first-order chi connectivity index (χ1) is 12.3. The van der Waals surface area contributed by atoms with Crippen molar-refractivity contribution in [2.24, 2.45) is 23.7 Å². The summed E-state index contributed by atoms with van der Waals surface area (Å²) < 4.78 is 0. The van der Waals surface area contributed by atoms with Gasteiger partial charge >= 0.3 is 0 Å². The molecular weight excluding hydrogens is 322 g/mol. The van der Waals surface area contributed by atoms with E-state index in [4.69, 9.17) is 4.98 Å². The zero-order chi connectivity index (χ0) is 18.8. The molecule has 1 aromatic carbocycles. The molecule has 140 valence electrons. The fourth-order valence-corrected chi connectivity index (χ4v) is 4.28. The van der Waals surface area contributed by atoms with E-state index >= 15 is 0 Å². The molecule has 1 aliphatic carbocycles. The maximum absolute atomic E-state index is 11.3. The number of benzene rings is 1. The SMILES string of the molecule is CC(=O)NC[C@@H]1C=C(C)[C@H](Cc2nc3ccc(C)cc3[nH]2)C[C@H]1C(C)C. The number of aromatic nitrogens is 2. The van der Waals surface area contributed by atoms with Gasteiger partial charge in [0.2, 0.25) is 5.91 Å². The number of rotatable bonds is 5. The minimum absolute atomic E-state index is 0.0539. The van der Waals surface area contributed by atoms with Crippen LogP contribution in [0.4, 0.5) is 0 Å². The highest BCUT2D eigenvalue weighted by molar-refractivity contribution is 5.75. The van der Waals surface area contributed by atoms with E-state index in [1.807, 2.05) is 0 Å². The van der Waals surface area contributed by atoms with Crippen LogP contribution < -0.4 is 5.32 Å². The topological polar surface area (TPSA) is 57.8 Å². The van der Waals surface area contributed by atoms with Crippen LogP contribution in [0.5, 0.6) is 0 Å². The molecule has 2 aromatic rings. The average Bonchev–Trinajstić information content (AvgIpc) is 2.96. The number of aromatic amines is 1. The van der Waals surface area contributed by atoms with Crippen molar-refractivity contribution in [3.8, 4) is 0 Å². The van der Waals surface area contributed by atoms with Crippen molar-refractivity contribution >= 4 is 16.9 Å². The molecule has 4 heteroatoms. The Bertz CT molecular complexity index is 818. The van der Waals surface area contributed by atoms with Crippen LogP contribution >= 0.6 is 0 Å². The molecule has 1 aromatic heterocycles. The molecule has 1 amide bonds. The van der Waals surface area contributed by atoms with Crippen LogP contribution in [-0.4, -0.2) is 22.4 Å². The number of imidazole rings is 1. The van der Waals surface area contributed by atoms with E-state index in [-0.39, 0.29) is 5.91 Å². The number of H-pyrrole nitrogens is 1. The Labute approximate surface area is 156 Å². The number of nitrogens with zero attached hydrogens (tertiary/aromatic N) is 1. The lowest BCUT2D eigenvalue weighted by atomic mass is 9.70. The summed E-state index contributed by atoms with van der Waals surface area (Å²) in [5.41, 5.74) is 4.85. The molecule has 26 heavy (non-hydrogen) atoms. The Morgan fingerprint density at radius 3 is 2.81 bits per heavy atom. The lowest BCUT2D eigenvalue weighted by Gasteiger charge is -2.37. The quantitative estimate of drug-likeness (QED) is 0.783. The molecule has 0 fully saturated rings. The number of nitrogens with one attached hydrogen (secondary N) is 2. The van der Waals surface area contributed by atoms with Gasteiger partial charge in [-0.05, 0) is 61.6 Å². The molecule has 0 spiro atoms. The second-order valence-corrected chi connectivity index (χ2v) is 8.26. The van der Waals surface area contributed by atoms with Gasteiger partial charge in [0.25, 0.3) is 0 Å². The summed E-state index contributed by atoms with van der Waals surface area (Å²) in [6, 6.07) is 6.37. The van der Waals surface area contributed by atoms with Crippen molar-refractivity contribution in [3.63, 3.8) is 0 Å². The molecule has 3 rings (SSSR count). The second kappa shape index (κ2) is 7.65. The molecule has 1 aliphatic rings. The van der Waals surface area contributed by atoms with Crippen LogP contribution in [0.25, 0.3) is 11.0 Å². The van der Waals surface area contributed by atoms with E-state index in [1.165, 1.54) is 11.1 Å². The van der Waals surface area contributed by atoms with Gasteiger partial charge in [-0.25, -0.2) is 4.98 Å². The summed E-state index contributed by atoms with van der Waals surface area (Å²) >= 11 is 0. The summed E-state index contributed by atoms with van der Waals surface area (Å²) in [4.78, 5) is 19.6. The van der Waals surface area contributed by atoms with Gasteiger partial charge in [-0.3, -0.25) is 4.79 Å². The van der Waals surface area contributed by atoms with E-state index in [0.717, 1.165) is 36.2 Å². The normalized spacial score (nSPS) is 23.3. The summed E-state index contributed by atoms with van der Waals surface area (Å²) in [5.74, 6) is 3.25. The molecule has 0 saturated carbocycles. The summed E-state index contributed by atoms with van der Waals surface area (Å²) in [5, 5.41) is 3.01. The molecule has 0 aliphatic heterocycles. The van der Waals surface area contributed by atoms with Crippen molar-refractivity contribution in [2.45, 2.75) is 47.5 Å². The fraction of sp³-hybridized carbons (Fsp3) is 0.545. The van der Waals surface area contributed by atoms with Crippen molar-refractivity contribution in [1.82, 2.24) is 15.3 Å². The van der Waals surface area contributed by atoms with Gasteiger partial charge in [0.05, 0.1) is 11.0 Å². The molecular formula is C22H31N3O. The van der Waals surface area contributed by atoms with E-state index in [0.29, 0.717) is 23.7 Å². The van der Waals surface area contributed by atoms with Gasteiger partial charge in [-0.15, -0.1) is 0 Å². The van der Waals surface area contributed by atoms with Crippen LogP contribution in [-0.2, 0) is 11.2 Å². The maximum atomic E-state index is 11.3. The predicted octanol–water partition coefficient (Wildman–Crippen LogP) is 4.40. The Morgan fingerprint density at radius 1 is 1.35 bits per heavy atom. The molecule has 0 unspecified atom stereocenters. The summed E-state index contributed by atoms with van der Waals surface area (Å²) in [6.45, 7) is 11.3. The standard InChI is InChI=1S/C22H31N3O/c1-13(2)19-10-17(15(4)9-18(19)12-23-16(5)26)11-22-24-20-7-6-14(3)8-21(20)25-22/h6-9,13,17-19H,10-12H2,1-5H3,(H,23,26)(H,24,25)/t17-,18-,19-/m0/s1. The lowest BCUT2D eigenvalue weighted by Crippen LogP contribution is -2.36. The number of amides is 1. The Hall–Kier alpha value is -2.10. The van der Waals surface area contributed by atoms with Crippen LogP contribution in [0.15, 0.2) is 29.8 Å². The third-order valence-corrected chi connectivity index (χ3v) is 5.80. The van der Waals surface area contributed by atoms with Gasteiger partial charge in [-0.2, -0.15) is 0 Å². The highest BCUT2D eigenvalue weighted by atomic mass is 16.1. The van der Waals surface area contributed by atoms with Crippen molar-refractivity contribution in [1.29, 1.82) is 0 Å². The Kier molecular flexibility index (Phi) is 5.49. The second-order valence-electron chi connectivity index (χ2n) is 8.26. The van der Waals surface area contributed by atoms with Gasteiger partial charge < -0.3 is 10.3 Å². The van der Waals surface area contributed by atoms with Crippen molar-refractivity contribution in [2.75, 3.05) is 6.54 Å². The predicted molar refractivity (Wildman–Crippen MR) is 107 cm³/mol. The first-order valence-corrected chi connectivity index (χ1v) is 9.71. The zero-order valence-corrected chi connectivity index (χ0v) is 16.6. The summed E-state index contributed by atoms with van der Waals surface area (Å²) in [7, 11) is 0. The van der Waals surface area contributed by atoms with Crippen molar-refractivity contribution in [3.05, 3.63) is 41.2 Å². The minimum Gasteiger partial charge on any atom is -0.356 e. The van der Waals surface area contributed by atoms with Crippen LogP contribution in [0.1, 0.15) is 45.5 Å². The Balaban J connectivity index is 1.78. The zero-order valence-electron chi connectivity index (χ0n) is 16.6. The lowest BCUT2D eigenvalue weighted by molar-refractivity contribution is -0.119. The maximum Gasteiger partial charge on any atom is 0.216 e. The number of allylic oxidation sites excluding steroid dienone is 1. The summed E-state index contributed by atoms with van der Waals surface area (Å²) in [6.07, 6.45) is 4.49. The first-order valence-electron chi connectivity index (χ1n) is 9.71. The van der Waals surface area contributed by atoms with Crippen LogP contribution in [0.2, 0.25) is 0 Å². The van der Waals surface area contributed by atoms with Gasteiger partial charge in [0, 0.05) is 19.9 Å². The van der Waals surface area contributed by atoms with E-state index in [1.54, 1.807) is 6.92 Å². The number of carbonyl (C=O) groups excluding carboxylic acids is 1. The molecule has 0 bridgehead atoms. The smallest absolute Gasteiger partial charge is 0.216 e. The first kappa shape index (κ1) is 18.7. The molecule has 0 radical (unpaired) electrons. The van der Waals surface area contributed by atoms with E-state index in [2.05, 4.69) is 62.3 Å². The third kappa shape index (κ3) is 4.17. The minimum atomic E-state index is 0.0539.